The topological polar surface area (TPSA) is 74.4 Å². The van der Waals surface area contributed by atoms with Crippen LogP contribution in [0.1, 0.15) is 55.3 Å². The lowest BCUT2D eigenvalue weighted by molar-refractivity contribution is -0.00546. The number of H-pyrrole nitrogens is 1. The second-order valence-electron chi connectivity index (χ2n) is 8.80. The zero-order valence-electron chi connectivity index (χ0n) is 17.2. The summed E-state index contributed by atoms with van der Waals surface area (Å²) in [6.45, 7) is 8.34. The number of anilines is 1. The van der Waals surface area contributed by atoms with E-state index in [4.69, 9.17) is 14.7 Å². The van der Waals surface area contributed by atoms with Gasteiger partial charge in [0.1, 0.15) is 11.6 Å². The number of pyridine rings is 1. The lowest BCUT2D eigenvalue weighted by atomic mass is 10.1. The van der Waals surface area contributed by atoms with Crippen LogP contribution in [0.15, 0.2) is 23.1 Å². The number of aromatic nitrogens is 3. The first-order valence-corrected chi connectivity index (χ1v) is 10.7. The van der Waals surface area contributed by atoms with E-state index in [0.717, 1.165) is 68.3 Å². The maximum absolute atomic E-state index is 12.5. The van der Waals surface area contributed by atoms with Crippen LogP contribution in [0.5, 0.6) is 0 Å². The predicted octanol–water partition coefficient (Wildman–Crippen LogP) is 2.21. The molecule has 7 nitrogen and oxygen atoms in total. The molecule has 3 aliphatic rings. The van der Waals surface area contributed by atoms with Gasteiger partial charge in [-0.3, -0.25) is 9.69 Å². The van der Waals surface area contributed by atoms with E-state index in [1.54, 1.807) is 0 Å². The molecule has 2 aromatic heterocycles. The number of rotatable bonds is 4. The van der Waals surface area contributed by atoms with Crippen molar-refractivity contribution in [2.45, 2.75) is 64.3 Å². The summed E-state index contributed by atoms with van der Waals surface area (Å²) < 4.78 is 5.81. The van der Waals surface area contributed by atoms with Gasteiger partial charge in [-0.05, 0) is 38.3 Å². The Morgan fingerprint density at radius 1 is 1.21 bits per heavy atom. The van der Waals surface area contributed by atoms with Crippen LogP contribution < -0.4 is 10.5 Å². The van der Waals surface area contributed by atoms with Crippen LogP contribution in [-0.4, -0.2) is 51.7 Å². The lowest BCUT2D eigenvalue weighted by Gasteiger charge is -2.36. The molecular formula is C22H29N5O2. The Kier molecular flexibility index (Phi) is 4.87. The van der Waals surface area contributed by atoms with E-state index in [0.29, 0.717) is 12.5 Å². The maximum atomic E-state index is 12.5. The molecule has 0 aromatic carbocycles. The SMILES string of the molecule is CC1CN(c2ccc(CN3CCc4nc(C5CC5)[nH]c(=O)c4C3)cn2)CC(C)O1. The van der Waals surface area contributed by atoms with Crippen molar-refractivity contribution in [1.29, 1.82) is 0 Å². The largest absolute Gasteiger partial charge is 0.372 e. The van der Waals surface area contributed by atoms with Crippen molar-refractivity contribution in [3.8, 4) is 0 Å². The Morgan fingerprint density at radius 2 is 2.00 bits per heavy atom. The summed E-state index contributed by atoms with van der Waals surface area (Å²) in [5.74, 6) is 2.38. The van der Waals surface area contributed by atoms with E-state index < -0.39 is 0 Å². The smallest absolute Gasteiger partial charge is 0.255 e. The zero-order valence-corrected chi connectivity index (χ0v) is 17.2. The van der Waals surface area contributed by atoms with Crippen LogP contribution in [0.25, 0.3) is 0 Å². The molecule has 5 rings (SSSR count). The number of ether oxygens (including phenoxy) is 1. The number of hydrogen-bond donors (Lipinski definition) is 1. The predicted molar refractivity (Wildman–Crippen MR) is 111 cm³/mol. The molecule has 154 valence electrons. The molecule has 1 N–H and O–H groups in total. The third-order valence-corrected chi connectivity index (χ3v) is 6.09. The molecule has 0 bridgehead atoms. The Balaban J connectivity index is 1.25. The first kappa shape index (κ1) is 18.8. The average molecular weight is 396 g/mol. The van der Waals surface area contributed by atoms with Crippen LogP contribution in [-0.2, 0) is 24.2 Å². The third kappa shape index (κ3) is 4.07. The molecule has 2 aliphatic heterocycles. The van der Waals surface area contributed by atoms with Gasteiger partial charge in [0, 0.05) is 51.3 Å². The summed E-state index contributed by atoms with van der Waals surface area (Å²) >= 11 is 0. The van der Waals surface area contributed by atoms with Gasteiger partial charge in [-0.2, -0.15) is 0 Å². The van der Waals surface area contributed by atoms with Crippen molar-refractivity contribution in [3.63, 3.8) is 0 Å². The van der Waals surface area contributed by atoms with Gasteiger partial charge >= 0.3 is 0 Å². The molecule has 1 saturated carbocycles. The second-order valence-corrected chi connectivity index (χ2v) is 8.80. The Morgan fingerprint density at radius 3 is 2.69 bits per heavy atom. The standard InChI is InChI=1S/C22H29N5O2/c1-14-10-27(11-15(2)29-14)20-6-3-16(9-23-20)12-26-8-7-19-18(13-26)22(28)25-21(24-19)17-4-5-17/h3,6,9,14-15,17H,4-5,7-8,10-13H2,1-2H3,(H,24,25,28). The van der Waals surface area contributed by atoms with Gasteiger partial charge < -0.3 is 14.6 Å². The minimum absolute atomic E-state index is 0.0469. The van der Waals surface area contributed by atoms with Crippen LogP contribution in [0.2, 0.25) is 0 Å². The monoisotopic (exact) mass is 395 g/mol. The van der Waals surface area contributed by atoms with Gasteiger partial charge in [0.05, 0.1) is 23.5 Å². The number of nitrogens with one attached hydrogen (secondary N) is 1. The minimum atomic E-state index is 0.0469. The molecule has 1 saturated heterocycles. The molecular weight excluding hydrogens is 366 g/mol. The number of hydrogen-bond acceptors (Lipinski definition) is 6. The minimum Gasteiger partial charge on any atom is -0.372 e. The van der Waals surface area contributed by atoms with Crippen LogP contribution in [0.4, 0.5) is 5.82 Å². The quantitative estimate of drug-likeness (QED) is 0.856. The van der Waals surface area contributed by atoms with Crippen molar-refractivity contribution in [2.24, 2.45) is 0 Å². The van der Waals surface area contributed by atoms with Crippen LogP contribution in [0, 0.1) is 0 Å². The second kappa shape index (κ2) is 7.54. The first-order chi connectivity index (χ1) is 14.0. The van der Waals surface area contributed by atoms with Crippen molar-refractivity contribution in [1.82, 2.24) is 19.9 Å². The van der Waals surface area contributed by atoms with Crippen molar-refractivity contribution >= 4 is 5.82 Å². The van der Waals surface area contributed by atoms with Gasteiger partial charge in [0.15, 0.2) is 0 Å². The van der Waals surface area contributed by atoms with Crippen molar-refractivity contribution < 1.29 is 4.74 Å². The van der Waals surface area contributed by atoms with Crippen LogP contribution >= 0.6 is 0 Å². The number of aromatic amines is 1. The summed E-state index contributed by atoms with van der Waals surface area (Å²) in [5.41, 5.74) is 3.05. The molecule has 2 aromatic rings. The van der Waals surface area contributed by atoms with Crippen LogP contribution in [0.3, 0.4) is 0 Å². The summed E-state index contributed by atoms with van der Waals surface area (Å²) in [7, 11) is 0. The van der Waals surface area contributed by atoms with Gasteiger partial charge in [-0.15, -0.1) is 0 Å². The highest BCUT2D eigenvalue weighted by atomic mass is 16.5. The molecule has 7 heteroatoms. The van der Waals surface area contributed by atoms with Gasteiger partial charge in [0.2, 0.25) is 0 Å². The highest BCUT2D eigenvalue weighted by molar-refractivity contribution is 5.40. The summed E-state index contributed by atoms with van der Waals surface area (Å²) in [6.07, 6.45) is 5.56. The maximum Gasteiger partial charge on any atom is 0.255 e. The number of nitrogens with zero attached hydrogens (tertiary/aromatic N) is 4. The van der Waals surface area contributed by atoms with E-state index in [1.165, 1.54) is 5.56 Å². The molecule has 0 amide bonds. The fourth-order valence-electron chi connectivity index (χ4n) is 4.51. The Hall–Kier alpha value is -2.25. The molecule has 1 aliphatic carbocycles. The molecule has 2 fully saturated rings. The molecule has 2 unspecified atom stereocenters. The summed E-state index contributed by atoms with van der Waals surface area (Å²) in [6, 6.07) is 4.26. The Labute approximate surface area is 171 Å². The highest BCUT2D eigenvalue weighted by Crippen LogP contribution is 2.37. The van der Waals surface area contributed by atoms with Gasteiger partial charge in [-0.1, -0.05) is 6.07 Å². The van der Waals surface area contributed by atoms with Gasteiger partial charge in [-0.25, -0.2) is 9.97 Å². The zero-order chi connectivity index (χ0) is 20.0. The lowest BCUT2D eigenvalue weighted by Crippen LogP contribution is -2.45. The van der Waals surface area contributed by atoms with Gasteiger partial charge in [0.25, 0.3) is 5.56 Å². The van der Waals surface area contributed by atoms with E-state index >= 15 is 0 Å². The molecule has 29 heavy (non-hydrogen) atoms. The number of morpholine rings is 1. The Bertz CT molecular complexity index is 927. The normalized spacial score (nSPS) is 25.1. The van der Waals surface area contributed by atoms with E-state index in [9.17, 15) is 4.79 Å². The summed E-state index contributed by atoms with van der Waals surface area (Å²) in [4.78, 5) is 29.6. The number of fused-ring (bicyclic) bond motifs is 1. The third-order valence-electron chi connectivity index (χ3n) is 6.09. The van der Waals surface area contributed by atoms with Crippen molar-refractivity contribution in [2.75, 3.05) is 24.5 Å². The van der Waals surface area contributed by atoms with Crippen molar-refractivity contribution in [3.05, 3.63) is 51.3 Å². The van der Waals surface area contributed by atoms with E-state index in [-0.39, 0.29) is 17.8 Å². The summed E-state index contributed by atoms with van der Waals surface area (Å²) in [5, 5.41) is 0. The van der Waals surface area contributed by atoms with E-state index in [1.807, 2.05) is 6.20 Å². The molecule has 0 spiro atoms. The first-order valence-electron chi connectivity index (χ1n) is 10.7. The molecule has 0 radical (unpaired) electrons. The molecule has 4 heterocycles. The average Bonchev–Trinajstić information content (AvgIpc) is 3.53. The van der Waals surface area contributed by atoms with E-state index in [2.05, 4.69) is 40.8 Å². The molecule has 2 atom stereocenters. The highest BCUT2D eigenvalue weighted by Gasteiger charge is 2.29. The fourth-order valence-corrected chi connectivity index (χ4v) is 4.51. The fraction of sp³-hybridized carbons (Fsp3) is 0.591.